The summed E-state index contributed by atoms with van der Waals surface area (Å²) in [6.45, 7) is 0.308. The Bertz CT molecular complexity index is 590. The monoisotopic (exact) mass is 241 g/mol. The molecule has 0 aliphatic heterocycles. The van der Waals surface area contributed by atoms with Gasteiger partial charge in [0.05, 0.1) is 0 Å². The van der Waals surface area contributed by atoms with Crippen LogP contribution in [0.5, 0.6) is 5.75 Å². The molecule has 18 heavy (non-hydrogen) atoms. The van der Waals surface area contributed by atoms with E-state index in [1.54, 1.807) is 12.1 Å². The molecule has 2 rings (SSSR count). The van der Waals surface area contributed by atoms with Crippen LogP contribution >= 0.6 is 0 Å². The summed E-state index contributed by atoms with van der Waals surface area (Å²) in [5.41, 5.74) is 4.90. The summed E-state index contributed by atoms with van der Waals surface area (Å²) in [6.07, 6.45) is 0. The molecule has 2 N–H and O–H groups in total. The molecule has 0 bridgehead atoms. The van der Waals surface area contributed by atoms with E-state index in [1.807, 2.05) is 30.3 Å². The quantitative estimate of drug-likeness (QED) is 0.832. The standard InChI is InChI=1S/C14H11NO3/c15-14(16)9-8-12-6-7-13(18-12)10-17-11-4-2-1-3-5-11/h1-7H,10H2,(H2,15,16). The lowest BCUT2D eigenvalue weighted by Crippen LogP contribution is -2.05. The number of ether oxygens (including phenoxy) is 1. The molecule has 0 radical (unpaired) electrons. The zero-order valence-corrected chi connectivity index (χ0v) is 9.55. The second-order valence-electron chi connectivity index (χ2n) is 3.48. The summed E-state index contributed by atoms with van der Waals surface area (Å²) in [6, 6.07) is 12.8. The lowest BCUT2D eigenvalue weighted by molar-refractivity contribution is -0.112. The van der Waals surface area contributed by atoms with Crippen molar-refractivity contribution in [1.82, 2.24) is 0 Å². The Labute approximate surface area is 104 Å². The molecule has 0 saturated heterocycles. The first-order chi connectivity index (χ1) is 8.74. The first-order valence-corrected chi connectivity index (χ1v) is 5.32. The normalized spacial score (nSPS) is 9.33. The zero-order chi connectivity index (χ0) is 12.8. The van der Waals surface area contributed by atoms with Gasteiger partial charge in [-0.1, -0.05) is 18.2 Å². The minimum absolute atomic E-state index is 0.308. The maximum Gasteiger partial charge on any atom is 0.293 e. The third-order valence-corrected chi connectivity index (χ3v) is 2.09. The van der Waals surface area contributed by atoms with Gasteiger partial charge in [0.2, 0.25) is 0 Å². The van der Waals surface area contributed by atoms with Gasteiger partial charge in [-0.15, -0.1) is 0 Å². The molecule has 1 aromatic heterocycles. The van der Waals surface area contributed by atoms with Gasteiger partial charge in [0.15, 0.2) is 5.76 Å². The third kappa shape index (κ3) is 3.42. The number of hydrogen-bond donors (Lipinski definition) is 1. The number of carbonyl (C=O) groups is 1. The van der Waals surface area contributed by atoms with Gasteiger partial charge in [0, 0.05) is 5.92 Å². The number of furan rings is 1. The van der Waals surface area contributed by atoms with Crippen molar-refractivity contribution in [2.45, 2.75) is 6.61 Å². The van der Waals surface area contributed by atoms with E-state index in [0.717, 1.165) is 5.75 Å². The number of hydrogen-bond acceptors (Lipinski definition) is 3. The van der Waals surface area contributed by atoms with E-state index in [4.69, 9.17) is 14.9 Å². The molecular weight excluding hydrogens is 230 g/mol. The minimum Gasteiger partial charge on any atom is -0.486 e. The smallest absolute Gasteiger partial charge is 0.293 e. The number of benzene rings is 1. The molecule has 4 heteroatoms. The fourth-order valence-electron chi connectivity index (χ4n) is 1.32. The third-order valence-electron chi connectivity index (χ3n) is 2.09. The van der Waals surface area contributed by atoms with E-state index in [0.29, 0.717) is 18.1 Å². The van der Waals surface area contributed by atoms with Crippen LogP contribution in [0.3, 0.4) is 0 Å². The molecule has 0 atom stereocenters. The Kier molecular flexibility index (Phi) is 3.67. The van der Waals surface area contributed by atoms with Crippen molar-refractivity contribution in [2.75, 3.05) is 0 Å². The van der Waals surface area contributed by atoms with E-state index in [9.17, 15) is 4.79 Å². The highest BCUT2D eigenvalue weighted by Gasteiger charge is 2.01. The van der Waals surface area contributed by atoms with E-state index in [-0.39, 0.29) is 0 Å². The van der Waals surface area contributed by atoms with Gasteiger partial charge >= 0.3 is 0 Å². The fourth-order valence-corrected chi connectivity index (χ4v) is 1.32. The van der Waals surface area contributed by atoms with Crippen LogP contribution < -0.4 is 10.5 Å². The Morgan fingerprint density at radius 3 is 2.72 bits per heavy atom. The molecule has 0 aliphatic carbocycles. The van der Waals surface area contributed by atoms with Crippen LogP contribution in [0, 0.1) is 11.8 Å². The molecule has 0 saturated carbocycles. The number of para-hydroxylation sites is 1. The predicted molar refractivity (Wildman–Crippen MR) is 65.6 cm³/mol. The predicted octanol–water partition coefficient (Wildman–Crippen LogP) is 1.70. The summed E-state index contributed by atoms with van der Waals surface area (Å²) >= 11 is 0. The van der Waals surface area contributed by atoms with Crippen molar-refractivity contribution in [3.63, 3.8) is 0 Å². The van der Waals surface area contributed by atoms with Gasteiger partial charge in [-0.25, -0.2) is 0 Å². The second kappa shape index (κ2) is 5.60. The van der Waals surface area contributed by atoms with Gasteiger partial charge in [-0.3, -0.25) is 4.79 Å². The van der Waals surface area contributed by atoms with Crippen LogP contribution in [-0.2, 0) is 11.4 Å². The van der Waals surface area contributed by atoms with Crippen LogP contribution in [-0.4, -0.2) is 5.91 Å². The van der Waals surface area contributed by atoms with Crippen molar-refractivity contribution in [2.24, 2.45) is 5.73 Å². The number of nitrogens with two attached hydrogens (primary N) is 1. The molecule has 90 valence electrons. The van der Waals surface area contributed by atoms with Crippen molar-refractivity contribution < 1.29 is 13.9 Å². The molecule has 0 aliphatic rings. The summed E-state index contributed by atoms with van der Waals surface area (Å²) in [5.74, 6) is 5.82. The molecule has 1 heterocycles. The van der Waals surface area contributed by atoms with Crippen LogP contribution in [0.2, 0.25) is 0 Å². The van der Waals surface area contributed by atoms with Gasteiger partial charge in [0.25, 0.3) is 5.91 Å². The van der Waals surface area contributed by atoms with Crippen LogP contribution in [0.15, 0.2) is 46.9 Å². The maximum absolute atomic E-state index is 10.5. The Balaban J connectivity index is 1.96. The average Bonchev–Trinajstić information content (AvgIpc) is 2.83. The topological polar surface area (TPSA) is 65.5 Å². The van der Waals surface area contributed by atoms with E-state index < -0.39 is 5.91 Å². The molecule has 1 amide bonds. The van der Waals surface area contributed by atoms with Gasteiger partial charge in [-0.2, -0.15) is 0 Å². The number of primary amides is 1. The highest BCUT2D eigenvalue weighted by atomic mass is 16.5. The zero-order valence-electron chi connectivity index (χ0n) is 9.55. The molecular formula is C14H11NO3. The number of rotatable bonds is 3. The number of carbonyl (C=O) groups excluding carboxylic acids is 1. The highest BCUT2D eigenvalue weighted by Crippen LogP contribution is 2.13. The van der Waals surface area contributed by atoms with Crippen molar-refractivity contribution in [1.29, 1.82) is 0 Å². The fraction of sp³-hybridized carbons (Fsp3) is 0.0714. The van der Waals surface area contributed by atoms with Gasteiger partial charge < -0.3 is 14.9 Å². The van der Waals surface area contributed by atoms with Crippen LogP contribution in [0.25, 0.3) is 0 Å². The first-order valence-electron chi connectivity index (χ1n) is 5.32. The lowest BCUT2D eigenvalue weighted by atomic mass is 10.3. The lowest BCUT2D eigenvalue weighted by Gasteiger charge is -2.02. The summed E-state index contributed by atoms with van der Waals surface area (Å²) < 4.78 is 10.8. The highest BCUT2D eigenvalue weighted by molar-refractivity contribution is 5.92. The van der Waals surface area contributed by atoms with Crippen molar-refractivity contribution >= 4 is 5.91 Å². The molecule has 0 unspecified atom stereocenters. The summed E-state index contributed by atoms with van der Waals surface area (Å²) in [4.78, 5) is 10.5. The minimum atomic E-state index is -0.687. The van der Waals surface area contributed by atoms with Crippen molar-refractivity contribution in [3.05, 3.63) is 54.0 Å². The Morgan fingerprint density at radius 2 is 2.00 bits per heavy atom. The van der Waals surface area contributed by atoms with E-state index >= 15 is 0 Å². The van der Waals surface area contributed by atoms with Gasteiger partial charge in [0.1, 0.15) is 18.1 Å². The van der Waals surface area contributed by atoms with E-state index in [2.05, 4.69) is 11.8 Å². The molecule has 2 aromatic rings. The summed E-state index contributed by atoms with van der Waals surface area (Å²) in [5, 5.41) is 0. The maximum atomic E-state index is 10.5. The largest absolute Gasteiger partial charge is 0.486 e. The van der Waals surface area contributed by atoms with Crippen LogP contribution in [0.1, 0.15) is 11.5 Å². The van der Waals surface area contributed by atoms with Gasteiger partial charge in [-0.05, 0) is 30.2 Å². The molecule has 0 spiro atoms. The molecule has 4 nitrogen and oxygen atoms in total. The average molecular weight is 241 g/mol. The van der Waals surface area contributed by atoms with Crippen molar-refractivity contribution in [3.8, 4) is 17.6 Å². The second-order valence-corrected chi connectivity index (χ2v) is 3.48. The SMILES string of the molecule is NC(=O)C#Cc1ccc(COc2ccccc2)o1. The van der Waals surface area contributed by atoms with E-state index in [1.165, 1.54) is 0 Å². The number of amides is 1. The molecule has 1 aromatic carbocycles. The Hall–Kier alpha value is -2.67. The van der Waals surface area contributed by atoms with Crippen LogP contribution in [0.4, 0.5) is 0 Å². The molecule has 0 fully saturated rings. The Morgan fingerprint density at radius 1 is 1.22 bits per heavy atom. The first kappa shape index (κ1) is 11.8. The summed E-state index contributed by atoms with van der Waals surface area (Å²) in [7, 11) is 0.